The maximum atomic E-state index is 13.3. The molecule has 2 aromatic heterocycles. The van der Waals surface area contributed by atoms with Crippen molar-refractivity contribution in [2.75, 3.05) is 19.8 Å². The summed E-state index contributed by atoms with van der Waals surface area (Å²) >= 11 is 0. The number of likely N-dealkylation sites (tertiary alicyclic amines) is 1. The van der Waals surface area contributed by atoms with E-state index in [9.17, 15) is 4.79 Å². The van der Waals surface area contributed by atoms with E-state index < -0.39 is 0 Å². The van der Waals surface area contributed by atoms with Crippen molar-refractivity contribution in [3.63, 3.8) is 0 Å². The summed E-state index contributed by atoms with van der Waals surface area (Å²) in [6, 6.07) is 1.49. The lowest BCUT2D eigenvalue weighted by molar-refractivity contribution is -0.139. The summed E-state index contributed by atoms with van der Waals surface area (Å²) in [7, 11) is 0. The average Bonchev–Trinajstić information content (AvgIpc) is 3.34. The van der Waals surface area contributed by atoms with Crippen LogP contribution < -0.4 is 0 Å². The highest BCUT2D eigenvalue weighted by Crippen LogP contribution is 2.34. The standard InChI is InChI=1S/C20H29N5O3/c1-13-12-14(2)25(23-13)15(3)20(26)24-9-5-4-6-17(24)19-22-21-18(28-19)16-7-10-27-11-8-16/h12,15-17H,4-11H2,1-3H3. The Hall–Kier alpha value is -2.22. The molecule has 152 valence electrons. The van der Waals surface area contributed by atoms with Crippen LogP contribution in [0.4, 0.5) is 0 Å². The van der Waals surface area contributed by atoms with Crippen LogP contribution in [0.1, 0.15) is 80.2 Å². The summed E-state index contributed by atoms with van der Waals surface area (Å²) < 4.78 is 13.3. The van der Waals surface area contributed by atoms with Crippen LogP contribution >= 0.6 is 0 Å². The molecular weight excluding hydrogens is 358 g/mol. The Balaban J connectivity index is 1.53. The smallest absolute Gasteiger partial charge is 0.247 e. The van der Waals surface area contributed by atoms with E-state index in [-0.39, 0.29) is 23.9 Å². The number of ether oxygens (including phenoxy) is 1. The lowest BCUT2D eigenvalue weighted by Gasteiger charge is -2.35. The quantitative estimate of drug-likeness (QED) is 0.801. The van der Waals surface area contributed by atoms with E-state index >= 15 is 0 Å². The Bertz CT molecular complexity index is 824. The largest absolute Gasteiger partial charge is 0.423 e. The predicted molar refractivity (Wildman–Crippen MR) is 102 cm³/mol. The van der Waals surface area contributed by atoms with Crippen molar-refractivity contribution in [1.82, 2.24) is 24.9 Å². The molecule has 2 atom stereocenters. The molecule has 2 fully saturated rings. The van der Waals surface area contributed by atoms with Crippen molar-refractivity contribution in [3.8, 4) is 0 Å². The topological polar surface area (TPSA) is 86.3 Å². The molecule has 2 aliphatic heterocycles. The van der Waals surface area contributed by atoms with E-state index in [1.807, 2.05) is 36.4 Å². The highest BCUT2D eigenvalue weighted by atomic mass is 16.5. The maximum absolute atomic E-state index is 13.3. The van der Waals surface area contributed by atoms with Crippen molar-refractivity contribution < 1.29 is 13.9 Å². The van der Waals surface area contributed by atoms with E-state index in [0.717, 1.165) is 56.7 Å². The molecule has 28 heavy (non-hydrogen) atoms. The molecule has 8 heteroatoms. The van der Waals surface area contributed by atoms with Gasteiger partial charge in [0.25, 0.3) is 0 Å². The van der Waals surface area contributed by atoms with Gasteiger partial charge in [-0.15, -0.1) is 10.2 Å². The molecule has 2 aromatic rings. The van der Waals surface area contributed by atoms with E-state index in [2.05, 4.69) is 15.3 Å². The second-order valence-electron chi connectivity index (χ2n) is 7.96. The average molecular weight is 387 g/mol. The molecule has 4 heterocycles. The first-order valence-electron chi connectivity index (χ1n) is 10.3. The van der Waals surface area contributed by atoms with Gasteiger partial charge in [0.05, 0.1) is 5.69 Å². The van der Waals surface area contributed by atoms with Crippen LogP contribution in [0.3, 0.4) is 0 Å². The van der Waals surface area contributed by atoms with Crippen LogP contribution in [-0.2, 0) is 9.53 Å². The molecule has 4 rings (SSSR count). The molecule has 0 bridgehead atoms. The fourth-order valence-corrected chi connectivity index (χ4v) is 4.33. The minimum absolute atomic E-state index is 0.0571. The molecule has 2 saturated heterocycles. The number of carbonyl (C=O) groups excluding carboxylic acids is 1. The van der Waals surface area contributed by atoms with Crippen LogP contribution in [-0.4, -0.2) is 50.5 Å². The summed E-state index contributed by atoms with van der Waals surface area (Å²) in [5.74, 6) is 1.57. The van der Waals surface area contributed by atoms with Gasteiger partial charge in [-0.2, -0.15) is 5.10 Å². The molecule has 0 radical (unpaired) electrons. The molecule has 2 aliphatic rings. The minimum atomic E-state index is -0.354. The van der Waals surface area contributed by atoms with Crippen molar-refractivity contribution in [2.24, 2.45) is 0 Å². The molecule has 1 amide bonds. The predicted octanol–water partition coefficient (Wildman–Crippen LogP) is 3.09. The lowest BCUT2D eigenvalue weighted by Crippen LogP contribution is -2.42. The van der Waals surface area contributed by atoms with Crippen LogP contribution in [0, 0.1) is 13.8 Å². The van der Waals surface area contributed by atoms with Gasteiger partial charge in [-0.3, -0.25) is 9.48 Å². The zero-order valence-electron chi connectivity index (χ0n) is 16.9. The third kappa shape index (κ3) is 3.70. The molecule has 0 saturated carbocycles. The van der Waals surface area contributed by atoms with Crippen LogP contribution in [0.2, 0.25) is 0 Å². The maximum Gasteiger partial charge on any atom is 0.247 e. The number of hydrogen-bond donors (Lipinski definition) is 0. The second-order valence-corrected chi connectivity index (χ2v) is 7.96. The number of aromatic nitrogens is 4. The number of aryl methyl sites for hydroxylation is 2. The highest BCUT2D eigenvalue weighted by molar-refractivity contribution is 5.80. The molecule has 0 aromatic carbocycles. The first-order valence-corrected chi connectivity index (χ1v) is 10.3. The Morgan fingerprint density at radius 1 is 1.14 bits per heavy atom. The molecule has 2 unspecified atom stereocenters. The number of rotatable bonds is 4. The van der Waals surface area contributed by atoms with E-state index in [4.69, 9.17) is 9.15 Å². The van der Waals surface area contributed by atoms with Gasteiger partial charge in [-0.05, 0) is 58.9 Å². The van der Waals surface area contributed by atoms with Crippen LogP contribution in [0.25, 0.3) is 0 Å². The molecule has 0 N–H and O–H groups in total. The molecule has 8 nitrogen and oxygen atoms in total. The number of carbonyl (C=O) groups is 1. The van der Waals surface area contributed by atoms with Crippen molar-refractivity contribution in [2.45, 2.75) is 70.9 Å². The minimum Gasteiger partial charge on any atom is -0.423 e. The fraction of sp³-hybridized carbons (Fsp3) is 0.700. The molecule has 0 spiro atoms. The molecular formula is C20H29N5O3. The first-order chi connectivity index (χ1) is 13.5. The third-order valence-electron chi connectivity index (χ3n) is 5.87. The summed E-state index contributed by atoms with van der Waals surface area (Å²) in [6.07, 6.45) is 4.71. The molecule has 0 aliphatic carbocycles. The Morgan fingerprint density at radius 2 is 1.89 bits per heavy atom. The number of piperidine rings is 1. The third-order valence-corrected chi connectivity index (χ3v) is 5.87. The zero-order valence-corrected chi connectivity index (χ0v) is 16.9. The Labute approximate surface area is 165 Å². The highest BCUT2D eigenvalue weighted by Gasteiger charge is 2.35. The van der Waals surface area contributed by atoms with Crippen LogP contribution in [0.15, 0.2) is 10.5 Å². The van der Waals surface area contributed by atoms with Gasteiger partial charge in [0.15, 0.2) is 0 Å². The second kappa shape index (κ2) is 8.03. The van der Waals surface area contributed by atoms with Gasteiger partial charge in [0, 0.05) is 31.4 Å². The summed E-state index contributed by atoms with van der Waals surface area (Å²) in [6.45, 7) is 8.01. The van der Waals surface area contributed by atoms with Gasteiger partial charge in [0.1, 0.15) is 12.1 Å². The number of amides is 1. The summed E-state index contributed by atoms with van der Waals surface area (Å²) in [4.78, 5) is 15.2. The first kappa shape index (κ1) is 19.1. The SMILES string of the molecule is Cc1cc(C)n(C(C)C(=O)N2CCCCC2c2nnc(C3CCOCC3)o2)n1. The van der Waals surface area contributed by atoms with Gasteiger partial charge in [-0.25, -0.2) is 0 Å². The van der Waals surface area contributed by atoms with Gasteiger partial charge >= 0.3 is 0 Å². The number of nitrogens with zero attached hydrogens (tertiary/aromatic N) is 5. The number of hydrogen-bond acceptors (Lipinski definition) is 6. The Kier molecular flexibility index (Phi) is 5.48. The van der Waals surface area contributed by atoms with E-state index in [1.165, 1.54) is 0 Å². The van der Waals surface area contributed by atoms with Crippen LogP contribution in [0.5, 0.6) is 0 Å². The Morgan fingerprint density at radius 3 is 2.61 bits per heavy atom. The van der Waals surface area contributed by atoms with Crippen molar-refractivity contribution >= 4 is 5.91 Å². The van der Waals surface area contributed by atoms with Gasteiger partial charge in [-0.1, -0.05) is 0 Å². The summed E-state index contributed by atoms with van der Waals surface area (Å²) in [5.41, 5.74) is 1.91. The van der Waals surface area contributed by atoms with Crippen molar-refractivity contribution in [3.05, 3.63) is 29.2 Å². The normalized spacial score (nSPS) is 22.4. The summed E-state index contributed by atoms with van der Waals surface area (Å²) in [5, 5.41) is 13.1. The lowest BCUT2D eigenvalue weighted by atomic mass is 10.0. The monoisotopic (exact) mass is 387 g/mol. The van der Waals surface area contributed by atoms with Gasteiger partial charge < -0.3 is 14.1 Å². The van der Waals surface area contributed by atoms with E-state index in [0.29, 0.717) is 18.3 Å². The van der Waals surface area contributed by atoms with E-state index in [1.54, 1.807) is 0 Å². The van der Waals surface area contributed by atoms with Gasteiger partial charge in [0.2, 0.25) is 17.7 Å². The zero-order chi connectivity index (χ0) is 19.7. The fourth-order valence-electron chi connectivity index (χ4n) is 4.33. The van der Waals surface area contributed by atoms with Crippen molar-refractivity contribution in [1.29, 1.82) is 0 Å².